The first-order valence-electron chi connectivity index (χ1n) is 7.66. The minimum Gasteiger partial charge on any atom is -0.388 e. The van der Waals surface area contributed by atoms with Crippen molar-refractivity contribution in [3.8, 4) is 0 Å². The third kappa shape index (κ3) is 3.87. The molecule has 0 unspecified atom stereocenters. The Kier molecular flexibility index (Phi) is 4.91. The summed E-state index contributed by atoms with van der Waals surface area (Å²) in [6.45, 7) is 1.36. The Morgan fingerprint density at radius 2 is 2.00 bits per heavy atom. The largest absolute Gasteiger partial charge is 0.388 e. The molecule has 2 heterocycles. The molecule has 2 aliphatic heterocycles. The van der Waals surface area contributed by atoms with Crippen LogP contribution >= 0.6 is 0 Å². The van der Waals surface area contributed by atoms with Crippen molar-refractivity contribution >= 4 is 5.91 Å². The van der Waals surface area contributed by atoms with Gasteiger partial charge in [0.2, 0.25) is 5.91 Å². The Labute approximate surface area is 134 Å². The minimum atomic E-state index is -0.622. The lowest BCUT2D eigenvalue weighted by molar-refractivity contribution is -0.123. The molecule has 0 bridgehead atoms. The molecule has 1 aromatic carbocycles. The van der Waals surface area contributed by atoms with Crippen molar-refractivity contribution < 1.29 is 23.8 Å². The van der Waals surface area contributed by atoms with Crippen LogP contribution in [0, 0.1) is 5.82 Å². The normalized spacial score (nSPS) is 29.7. The molecule has 0 aromatic heterocycles. The smallest absolute Gasteiger partial charge is 0.234 e. The number of hydrogen-bond acceptors (Lipinski definition) is 5. The van der Waals surface area contributed by atoms with Crippen LogP contribution in [0.3, 0.4) is 0 Å². The summed E-state index contributed by atoms with van der Waals surface area (Å²) >= 11 is 0. The van der Waals surface area contributed by atoms with Crippen LogP contribution in [-0.4, -0.2) is 67.1 Å². The molecule has 6 nitrogen and oxygen atoms in total. The second-order valence-corrected chi connectivity index (χ2v) is 6.14. The molecule has 1 aromatic rings. The summed E-state index contributed by atoms with van der Waals surface area (Å²) in [5, 5.41) is 12.6. The third-order valence-corrected chi connectivity index (χ3v) is 4.15. The van der Waals surface area contributed by atoms with E-state index in [1.165, 1.54) is 12.1 Å². The van der Waals surface area contributed by atoms with E-state index in [2.05, 4.69) is 5.32 Å². The van der Waals surface area contributed by atoms with Crippen LogP contribution in [0.1, 0.15) is 5.56 Å². The molecule has 2 aliphatic rings. The van der Waals surface area contributed by atoms with Crippen molar-refractivity contribution in [3.05, 3.63) is 35.6 Å². The quantitative estimate of drug-likeness (QED) is 0.792. The first-order valence-corrected chi connectivity index (χ1v) is 7.66. The van der Waals surface area contributed by atoms with Gasteiger partial charge < -0.3 is 19.9 Å². The van der Waals surface area contributed by atoms with Crippen molar-refractivity contribution in [2.75, 3.05) is 26.8 Å². The van der Waals surface area contributed by atoms with Crippen molar-refractivity contribution in [1.82, 2.24) is 10.2 Å². The van der Waals surface area contributed by atoms with Gasteiger partial charge in [-0.2, -0.15) is 0 Å². The summed E-state index contributed by atoms with van der Waals surface area (Å²) in [5.41, 5.74) is 0.938. The number of hydrogen-bond donors (Lipinski definition) is 2. The van der Waals surface area contributed by atoms with E-state index in [1.54, 1.807) is 12.1 Å². The maximum atomic E-state index is 12.9. The Hall–Kier alpha value is -1.54. The van der Waals surface area contributed by atoms with Crippen molar-refractivity contribution in [2.45, 2.75) is 30.9 Å². The number of halogens is 1. The number of nitrogens with zero attached hydrogens (tertiary/aromatic N) is 1. The zero-order chi connectivity index (χ0) is 16.4. The molecule has 1 amide bonds. The van der Waals surface area contributed by atoms with Gasteiger partial charge in [0, 0.05) is 6.54 Å². The molecule has 2 N–H and O–H groups in total. The molecule has 0 radical (unpaired) electrons. The van der Waals surface area contributed by atoms with Gasteiger partial charge in [0.25, 0.3) is 0 Å². The minimum absolute atomic E-state index is 0.131. The summed E-state index contributed by atoms with van der Waals surface area (Å²) in [6, 6.07) is 5.98. The van der Waals surface area contributed by atoms with Crippen LogP contribution in [0.5, 0.6) is 0 Å². The number of likely N-dealkylation sites (N-methyl/N-ethyl adjacent to an activating group) is 1. The lowest BCUT2D eigenvalue weighted by Crippen LogP contribution is -2.47. The van der Waals surface area contributed by atoms with Crippen molar-refractivity contribution in [2.24, 2.45) is 0 Å². The average Bonchev–Trinajstić information content (AvgIpc) is 3.06. The number of benzene rings is 1. The van der Waals surface area contributed by atoms with E-state index in [9.17, 15) is 14.3 Å². The average molecular weight is 324 g/mol. The molecule has 7 heteroatoms. The monoisotopic (exact) mass is 324 g/mol. The van der Waals surface area contributed by atoms with E-state index in [0.717, 1.165) is 5.56 Å². The summed E-state index contributed by atoms with van der Waals surface area (Å²) in [4.78, 5) is 14.0. The lowest BCUT2D eigenvalue weighted by Gasteiger charge is -2.20. The number of carbonyl (C=O) groups is 1. The number of rotatable bonds is 5. The molecule has 0 aliphatic carbocycles. The van der Waals surface area contributed by atoms with E-state index < -0.39 is 6.10 Å². The van der Waals surface area contributed by atoms with Crippen LogP contribution in [-0.2, 0) is 20.8 Å². The SMILES string of the molecule is CN(CC(=O)N[C@@H]1CO[C@H]2[C@@H]1OC[C@H]2O)Cc1ccc(F)cc1. The van der Waals surface area contributed by atoms with E-state index in [-0.39, 0.29) is 43.1 Å². The Bertz CT molecular complexity index is 554. The van der Waals surface area contributed by atoms with E-state index in [0.29, 0.717) is 13.2 Å². The van der Waals surface area contributed by atoms with Gasteiger partial charge in [0.1, 0.15) is 24.1 Å². The molecule has 2 saturated heterocycles. The molecule has 3 rings (SSSR count). The van der Waals surface area contributed by atoms with Crippen molar-refractivity contribution in [1.29, 1.82) is 0 Å². The highest BCUT2D eigenvalue weighted by Gasteiger charge is 2.47. The lowest BCUT2D eigenvalue weighted by atomic mass is 10.1. The Morgan fingerprint density at radius 1 is 1.30 bits per heavy atom. The number of fused-ring (bicyclic) bond motifs is 1. The second-order valence-electron chi connectivity index (χ2n) is 6.14. The van der Waals surface area contributed by atoms with E-state index >= 15 is 0 Å². The first kappa shape index (κ1) is 16.3. The van der Waals surface area contributed by atoms with Gasteiger partial charge >= 0.3 is 0 Å². The number of aliphatic hydroxyl groups is 1. The molecule has 23 heavy (non-hydrogen) atoms. The molecule has 126 valence electrons. The first-order chi connectivity index (χ1) is 11.0. The van der Waals surface area contributed by atoms with Crippen LogP contribution in [0.25, 0.3) is 0 Å². The van der Waals surface area contributed by atoms with Crippen LogP contribution < -0.4 is 5.32 Å². The van der Waals surface area contributed by atoms with Gasteiger partial charge in [-0.1, -0.05) is 12.1 Å². The van der Waals surface area contributed by atoms with Crippen molar-refractivity contribution in [3.63, 3.8) is 0 Å². The Balaban J connectivity index is 1.46. The zero-order valence-electron chi connectivity index (χ0n) is 12.9. The standard InChI is InChI=1S/C16H21FN2O4/c1-19(6-10-2-4-11(17)5-3-10)7-14(21)18-12-8-22-16-13(20)9-23-15(12)16/h2-5,12-13,15-16,20H,6-9H2,1H3,(H,18,21)/t12-,13-,15-,16-/m1/s1. The maximum Gasteiger partial charge on any atom is 0.234 e. The summed E-state index contributed by atoms with van der Waals surface area (Å²) < 4.78 is 23.8. The van der Waals surface area contributed by atoms with Gasteiger partial charge in [-0.3, -0.25) is 9.69 Å². The van der Waals surface area contributed by atoms with E-state index in [1.807, 2.05) is 11.9 Å². The van der Waals surface area contributed by atoms with Gasteiger partial charge in [-0.05, 0) is 24.7 Å². The fraction of sp³-hybridized carbons (Fsp3) is 0.562. The fourth-order valence-electron chi connectivity index (χ4n) is 3.06. The highest BCUT2D eigenvalue weighted by atomic mass is 19.1. The second kappa shape index (κ2) is 6.92. The highest BCUT2D eigenvalue weighted by Crippen LogP contribution is 2.26. The number of carbonyl (C=O) groups excluding carboxylic acids is 1. The predicted octanol–water partition coefficient (Wildman–Crippen LogP) is -0.0992. The predicted molar refractivity (Wildman–Crippen MR) is 80.2 cm³/mol. The van der Waals surface area contributed by atoms with Gasteiger partial charge in [-0.25, -0.2) is 4.39 Å². The number of aliphatic hydroxyl groups excluding tert-OH is 1. The number of nitrogens with one attached hydrogen (secondary N) is 1. The topological polar surface area (TPSA) is 71.0 Å². The molecule has 0 saturated carbocycles. The molecule has 0 spiro atoms. The van der Waals surface area contributed by atoms with Crippen LogP contribution in [0.2, 0.25) is 0 Å². The van der Waals surface area contributed by atoms with Gasteiger partial charge in [-0.15, -0.1) is 0 Å². The summed E-state index contributed by atoms with van der Waals surface area (Å²) in [6.07, 6.45) is -1.25. The molecule has 2 fully saturated rings. The zero-order valence-corrected chi connectivity index (χ0v) is 12.9. The number of amides is 1. The van der Waals surface area contributed by atoms with Crippen LogP contribution in [0.4, 0.5) is 4.39 Å². The van der Waals surface area contributed by atoms with Gasteiger partial charge in [0.15, 0.2) is 0 Å². The fourth-order valence-corrected chi connectivity index (χ4v) is 3.06. The Morgan fingerprint density at radius 3 is 2.74 bits per heavy atom. The molecular weight excluding hydrogens is 303 g/mol. The molecule has 4 atom stereocenters. The van der Waals surface area contributed by atoms with E-state index in [4.69, 9.17) is 9.47 Å². The third-order valence-electron chi connectivity index (χ3n) is 4.15. The summed E-state index contributed by atoms with van der Waals surface area (Å²) in [7, 11) is 1.83. The highest BCUT2D eigenvalue weighted by molar-refractivity contribution is 5.78. The maximum absolute atomic E-state index is 12.9. The summed E-state index contributed by atoms with van der Waals surface area (Å²) in [5.74, 6) is -0.405. The number of ether oxygens (including phenoxy) is 2. The van der Waals surface area contributed by atoms with Crippen LogP contribution in [0.15, 0.2) is 24.3 Å². The van der Waals surface area contributed by atoms with Gasteiger partial charge in [0.05, 0.1) is 25.8 Å². The molecular formula is C16H21FN2O4.